The first-order valence-electron chi connectivity index (χ1n) is 10.4. The molecule has 1 saturated heterocycles. The summed E-state index contributed by atoms with van der Waals surface area (Å²) in [5.41, 5.74) is 1.16. The monoisotopic (exact) mass is 461 g/mol. The minimum absolute atomic E-state index is 0.0744. The number of anilines is 2. The molecule has 0 saturated carbocycles. The van der Waals surface area contributed by atoms with Crippen molar-refractivity contribution < 1.29 is 23.9 Å². The van der Waals surface area contributed by atoms with E-state index in [1.165, 1.54) is 11.3 Å². The zero-order chi connectivity index (χ0) is 22.9. The van der Waals surface area contributed by atoms with E-state index >= 15 is 0 Å². The maximum Gasteiger partial charge on any atom is 0.409 e. The highest BCUT2D eigenvalue weighted by molar-refractivity contribution is 7.13. The van der Waals surface area contributed by atoms with Crippen LogP contribution in [0, 0.1) is 0 Å². The van der Waals surface area contributed by atoms with E-state index in [-0.39, 0.29) is 24.5 Å². The van der Waals surface area contributed by atoms with Crippen LogP contribution in [-0.2, 0) is 16.0 Å². The molecule has 1 aliphatic rings. The quantitative estimate of drug-likeness (QED) is 0.655. The van der Waals surface area contributed by atoms with E-state index < -0.39 is 0 Å². The number of carbonyl (C=O) groups is 3. The van der Waals surface area contributed by atoms with Gasteiger partial charge in [0.1, 0.15) is 5.75 Å². The van der Waals surface area contributed by atoms with E-state index in [4.69, 9.17) is 9.47 Å². The highest BCUT2D eigenvalue weighted by atomic mass is 32.1. The van der Waals surface area contributed by atoms with Crippen LogP contribution in [-0.4, -0.2) is 72.2 Å². The Hall–Kier alpha value is -3.34. The van der Waals surface area contributed by atoms with Crippen molar-refractivity contribution in [3.63, 3.8) is 0 Å². The van der Waals surface area contributed by atoms with Crippen molar-refractivity contribution in [3.8, 4) is 5.75 Å². The molecule has 32 heavy (non-hydrogen) atoms. The van der Waals surface area contributed by atoms with E-state index in [9.17, 15) is 14.4 Å². The van der Waals surface area contributed by atoms with Crippen LogP contribution in [0.15, 0.2) is 29.6 Å². The van der Waals surface area contributed by atoms with Gasteiger partial charge in [0.25, 0.3) is 0 Å². The third-order valence-corrected chi connectivity index (χ3v) is 5.47. The molecule has 2 heterocycles. The van der Waals surface area contributed by atoms with Crippen LogP contribution in [0.3, 0.4) is 0 Å². The normalized spacial score (nSPS) is 13.4. The molecule has 2 N–H and O–H groups in total. The van der Waals surface area contributed by atoms with Gasteiger partial charge in [-0.15, -0.1) is 11.3 Å². The Morgan fingerprint density at radius 2 is 1.75 bits per heavy atom. The predicted molar refractivity (Wildman–Crippen MR) is 121 cm³/mol. The van der Waals surface area contributed by atoms with Crippen molar-refractivity contribution in [2.24, 2.45) is 0 Å². The Kier molecular flexibility index (Phi) is 8.26. The summed E-state index contributed by atoms with van der Waals surface area (Å²) in [5.74, 6) is 0.382. The Morgan fingerprint density at radius 3 is 2.47 bits per heavy atom. The second kappa shape index (κ2) is 11.3. The van der Waals surface area contributed by atoms with Crippen LogP contribution in [0.1, 0.15) is 19.5 Å². The smallest absolute Gasteiger partial charge is 0.409 e. The van der Waals surface area contributed by atoms with Crippen LogP contribution in [0.2, 0.25) is 0 Å². The SMILES string of the molecule is CCOC(=O)N1CCN(C(=O)Nc2nc(CC(=O)Nc3ccccc3OCC)cs2)CC1. The Bertz CT molecular complexity index is 942. The standard InChI is InChI=1S/C21H27N5O5S/c1-3-30-17-8-6-5-7-16(17)23-18(27)13-15-14-32-19(22-15)24-20(28)25-9-11-26(12-10-25)21(29)31-4-2/h5-8,14H,3-4,9-13H2,1-2H3,(H,23,27)(H,22,24,28). The number of hydrogen-bond donors (Lipinski definition) is 2. The van der Waals surface area contributed by atoms with Crippen molar-refractivity contribution >= 4 is 40.2 Å². The molecule has 1 aliphatic heterocycles. The van der Waals surface area contributed by atoms with Gasteiger partial charge in [-0.05, 0) is 26.0 Å². The van der Waals surface area contributed by atoms with Crippen LogP contribution in [0.5, 0.6) is 5.75 Å². The molecule has 4 amide bonds. The topological polar surface area (TPSA) is 113 Å². The van der Waals surface area contributed by atoms with Crippen molar-refractivity contribution in [2.75, 3.05) is 50.0 Å². The van der Waals surface area contributed by atoms with Crippen molar-refractivity contribution in [1.29, 1.82) is 0 Å². The summed E-state index contributed by atoms with van der Waals surface area (Å²) in [6, 6.07) is 6.94. The number of amides is 4. The molecule has 0 aliphatic carbocycles. The first-order valence-corrected chi connectivity index (χ1v) is 11.3. The fourth-order valence-corrected chi connectivity index (χ4v) is 3.83. The van der Waals surface area contributed by atoms with Gasteiger partial charge >= 0.3 is 12.1 Å². The molecule has 1 aromatic heterocycles. The number of hydrogen-bond acceptors (Lipinski definition) is 7. The molecule has 0 unspecified atom stereocenters. The lowest BCUT2D eigenvalue weighted by Gasteiger charge is -2.33. The number of benzene rings is 1. The highest BCUT2D eigenvalue weighted by Gasteiger charge is 2.25. The van der Waals surface area contributed by atoms with Gasteiger partial charge in [0.2, 0.25) is 5.91 Å². The van der Waals surface area contributed by atoms with Crippen molar-refractivity contribution in [2.45, 2.75) is 20.3 Å². The number of rotatable bonds is 7. The number of nitrogens with zero attached hydrogens (tertiary/aromatic N) is 3. The Labute approximate surface area is 190 Å². The molecular formula is C21H27N5O5S. The van der Waals surface area contributed by atoms with E-state index in [0.717, 1.165) is 0 Å². The van der Waals surface area contributed by atoms with Crippen molar-refractivity contribution in [3.05, 3.63) is 35.3 Å². The number of thiazole rings is 1. The first-order chi connectivity index (χ1) is 15.5. The van der Waals surface area contributed by atoms with Crippen LogP contribution in [0.25, 0.3) is 0 Å². The van der Waals surface area contributed by atoms with E-state index in [0.29, 0.717) is 61.7 Å². The van der Waals surface area contributed by atoms with E-state index in [1.54, 1.807) is 34.2 Å². The number of aromatic nitrogens is 1. The third kappa shape index (κ3) is 6.33. The lowest BCUT2D eigenvalue weighted by molar-refractivity contribution is -0.115. The molecule has 1 aromatic carbocycles. The number of urea groups is 1. The fourth-order valence-electron chi connectivity index (χ4n) is 3.13. The zero-order valence-electron chi connectivity index (χ0n) is 18.1. The summed E-state index contributed by atoms with van der Waals surface area (Å²) in [4.78, 5) is 44.2. The highest BCUT2D eigenvalue weighted by Crippen LogP contribution is 2.24. The first kappa shape index (κ1) is 23.3. The summed E-state index contributed by atoms with van der Waals surface area (Å²) < 4.78 is 10.5. The molecule has 0 spiro atoms. The van der Waals surface area contributed by atoms with E-state index in [1.807, 2.05) is 19.1 Å². The Balaban J connectivity index is 1.48. The summed E-state index contributed by atoms with van der Waals surface area (Å²) in [7, 11) is 0. The fraction of sp³-hybridized carbons (Fsp3) is 0.429. The van der Waals surface area contributed by atoms with Gasteiger partial charge in [-0.1, -0.05) is 12.1 Å². The molecule has 172 valence electrons. The maximum atomic E-state index is 12.5. The van der Waals surface area contributed by atoms with Crippen LogP contribution >= 0.6 is 11.3 Å². The lowest BCUT2D eigenvalue weighted by atomic mass is 10.2. The third-order valence-electron chi connectivity index (χ3n) is 4.66. The summed E-state index contributed by atoms with van der Waals surface area (Å²) in [6.07, 6.45) is -0.287. The predicted octanol–water partition coefficient (Wildman–Crippen LogP) is 3.03. The van der Waals surface area contributed by atoms with Crippen LogP contribution in [0.4, 0.5) is 20.4 Å². The van der Waals surface area contributed by atoms with Crippen LogP contribution < -0.4 is 15.4 Å². The molecule has 10 nitrogen and oxygen atoms in total. The minimum Gasteiger partial charge on any atom is -0.492 e. The zero-order valence-corrected chi connectivity index (χ0v) is 18.9. The molecule has 0 bridgehead atoms. The lowest BCUT2D eigenvalue weighted by Crippen LogP contribution is -2.51. The molecule has 3 rings (SSSR count). The average molecular weight is 462 g/mol. The van der Waals surface area contributed by atoms with Gasteiger partial charge in [0, 0.05) is 31.6 Å². The summed E-state index contributed by atoms with van der Waals surface area (Å²) in [5, 5.41) is 7.74. The van der Waals surface area contributed by atoms with Gasteiger partial charge in [0.05, 0.1) is 31.0 Å². The minimum atomic E-state index is -0.362. The number of para-hydroxylation sites is 2. The maximum absolute atomic E-state index is 12.5. The second-order valence-electron chi connectivity index (χ2n) is 6.90. The molecule has 0 atom stereocenters. The Morgan fingerprint density at radius 1 is 1.03 bits per heavy atom. The van der Waals surface area contributed by atoms with Gasteiger partial charge in [-0.25, -0.2) is 14.6 Å². The summed E-state index contributed by atoms with van der Waals surface area (Å²) >= 11 is 1.25. The van der Waals surface area contributed by atoms with Gasteiger partial charge in [-0.2, -0.15) is 0 Å². The average Bonchev–Trinajstić information content (AvgIpc) is 3.22. The number of piperazine rings is 1. The molecule has 2 aromatic rings. The number of nitrogens with one attached hydrogen (secondary N) is 2. The largest absolute Gasteiger partial charge is 0.492 e. The molecule has 1 fully saturated rings. The molecule has 11 heteroatoms. The summed E-state index contributed by atoms with van der Waals surface area (Å²) in [6.45, 7) is 6.10. The number of carbonyl (C=O) groups excluding carboxylic acids is 3. The van der Waals surface area contributed by atoms with E-state index in [2.05, 4.69) is 15.6 Å². The van der Waals surface area contributed by atoms with Gasteiger partial charge < -0.3 is 24.6 Å². The number of ether oxygens (including phenoxy) is 2. The van der Waals surface area contributed by atoms with Crippen molar-refractivity contribution in [1.82, 2.24) is 14.8 Å². The van der Waals surface area contributed by atoms with Gasteiger partial charge in [0.15, 0.2) is 5.13 Å². The molecule has 0 radical (unpaired) electrons. The second-order valence-corrected chi connectivity index (χ2v) is 7.76. The molecular weight excluding hydrogens is 434 g/mol. The van der Waals surface area contributed by atoms with Gasteiger partial charge in [-0.3, -0.25) is 10.1 Å².